The van der Waals surface area contributed by atoms with E-state index in [0.717, 1.165) is 16.7 Å². The van der Waals surface area contributed by atoms with Crippen molar-refractivity contribution in [3.8, 4) is 11.5 Å². The fourth-order valence-electron chi connectivity index (χ4n) is 6.85. The first kappa shape index (κ1) is 48.6. The molecule has 0 saturated carbocycles. The molecular weight excluding hydrogens is 799 g/mol. The summed E-state index contributed by atoms with van der Waals surface area (Å²) >= 11 is 0. The third-order valence-corrected chi connectivity index (χ3v) is 15.9. The number of nitrogens with one attached hydrogen (secondary N) is 1. The number of carbonyl (C=O) groups is 2. The van der Waals surface area contributed by atoms with E-state index in [1.165, 1.54) is 36.5 Å². The number of H-pyrrole nitrogens is 1. The molecule has 0 spiro atoms. The van der Waals surface area contributed by atoms with Crippen LogP contribution in [0.5, 0.6) is 11.5 Å². The minimum atomic E-state index is -2.68. The Morgan fingerprint density at radius 1 is 0.787 bits per heavy atom. The Hall–Kier alpha value is -5.06. The van der Waals surface area contributed by atoms with E-state index < -0.39 is 74.5 Å². The number of rotatable bonds is 18. The predicted molar refractivity (Wildman–Crippen MR) is 236 cm³/mol. The first-order valence-corrected chi connectivity index (χ1v) is 23.6. The molecule has 0 amide bonds. The van der Waals surface area contributed by atoms with Crippen molar-refractivity contribution < 1.29 is 42.8 Å². The minimum absolute atomic E-state index is 0.199. The second-order valence-corrected chi connectivity index (χ2v) is 21.0. The van der Waals surface area contributed by atoms with Gasteiger partial charge in [-0.05, 0) is 78.7 Å². The zero-order chi connectivity index (χ0) is 45.0. The fourth-order valence-corrected chi connectivity index (χ4v) is 8.14. The number of benzene rings is 3. The molecule has 2 heterocycles. The normalized spacial score (nSPS) is 18.0. The highest BCUT2D eigenvalue weighted by molar-refractivity contribution is 6.74. The van der Waals surface area contributed by atoms with Crippen molar-refractivity contribution in [1.82, 2.24) is 14.5 Å². The summed E-state index contributed by atoms with van der Waals surface area (Å²) in [6, 6.07) is 25.7. The van der Waals surface area contributed by atoms with Crippen LogP contribution in [0.15, 0.2) is 101 Å². The van der Waals surface area contributed by atoms with Crippen LogP contribution in [0.3, 0.4) is 0 Å². The monoisotopic (exact) mass is 861 g/mol. The number of methoxy groups -OCH3 is 2. The van der Waals surface area contributed by atoms with E-state index in [-0.39, 0.29) is 11.6 Å². The topological polar surface area (TPSA) is 168 Å². The first-order chi connectivity index (χ1) is 28.9. The highest BCUT2D eigenvalue weighted by Crippen LogP contribution is 2.45. The van der Waals surface area contributed by atoms with E-state index in [2.05, 4.69) is 30.7 Å². The Labute approximate surface area is 359 Å². The van der Waals surface area contributed by atoms with Gasteiger partial charge in [-0.25, -0.2) is 4.79 Å². The number of aliphatic carboxylic acids is 1. The van der Waals surface area contributed by atoms with E-state index in [9.17, 15) is 24.3 Å². The van der Waals surface area contributed by atoms with E-state index in [4.69, 9.17) is 28.1 Å². The number of carbonyl (C=O) groups excluding carboxylic acids is 1. The van der Waals surface area contributed by atoms with E-state index >= 15 is 0 Å². The Morgan fingerprint density at radius 3 is 1.75 bits per heavy atom. The highest BCUT2D eigenvalue weighted by Gasteiger charge is 2.54. The van der Waals surface area contributed by atoms with Crippen LogP contribution in [0.4, 0.5) is 0 Å². The van der Waals surface area contributed by atoms with Crippen LogP contribution >= 0.6 is 0 Å². The van der Waals surface area contributed by atoms with E-state index in [0.29, 0.717) is 11.5 Å². The van der Waals surface area contributed by atoms with Gasteiger partial charge in [-0.1, -0.05) is 96.1 Å². The smallest absolute Gasteiger partial charge is 0.330 e. The second-order valence-electron chi connectivity index (χ2n) is 16.2. The summed E-state index contributed by atoms with van der Waals surface area (Å²) in [5.74, 6) is -0.660. The maximum absolute atomic E-state index is 13.3. The maximum Gasteiger partial charge on any atom is 0.330 e. The molecule has 3 aromatic carbocycles. The van der Waals surface area contributed by atoms with E-state index in [1.54, 1.807) is 14.2 Å². The number of aromatic amines is 1. The molecule has 14 nitrogen and oxygen atoms in total. The van der Waals surface area contributed by atoms with Gasteiger partial charge in [-0.15, -0.1) is 0 Å². The molecule has 0 unspecified atom stereocenters. The summed E-state index contributed by atoms with van der Waals surface area (Å²) in [5, 5.41) is 9.01. The van der Waals surface area contributed by atoms with Gasteiger partial charge < -0.3 is 38.1 Å². The van der Waals surface area contributed by atoms with Crippen molar-refractivity contribution in [2.75, 3.05) is 40.5 Å². The molecule has 4 aromatic rings. The molecule has 0 radical (unpaired) electrons. The van der Waals surface area contributed by atoms with Crippen LogP contribution in [-0.2, 0) is 33.8 Å². The summed E-state index contributed by atoms with van der Waals surface area (Å²) < 4.78 is 38.9. The molecule has 4 atom stereocenters. The quantitative estimate of drug-likeness (QED) is 0.0600. The van der Waals surface area contributed by atoms with Gasteiger partial charge in [0.1, 0.15) is 29.3 Å². The van der Waals surface area contributed by atoms with Crippen molar-refractivity contribution >= 4 is 20.3 Å². The van der Waals surface area contributed by atoms with Crippen LogP contribution in [0, 0.1) is 0 Å². The molecule has 15 heteroatoms. The molecule has 2 N–H and O–H groups in total. The summed E-state index contributed by atoms with van der Waals surface area (Å²) in [6.45, 7) is 20.1. The number of carboxylic acid groups (broad SMARTS) is 1. The number of ether oxygens (including phenoxy) is 5. The van der Waals surface area contributed by atoms with Gasteiger partial charge in [0.25, 0.3) is 5.56 Å². The summed E-state index contributed by atoms with van der Waals surface area (Å²) in [5.41, 5.74) is -0.353. The number of hydrogen-bond acceptors (Lipinski definition) is 11. The number of hydrogen-bond donors (Lipinski definition) is 2. The van der Waals surface area contributed by atoms with Gasteiger partial charge >= 0.3 is 17.6 Å². The van der Waals surface area contributed by atoms with Crippen molar-refractivity contribution in [3.05, 3.63) is 129 Å². The van der Waals surface area contributed by atoms with Crippen LogP contribution in [-0.4, -0.2) is 98.6 Å². The van der Waals surface area contributed by atoms with Gasteiger partial charge in [-0.2, -0.15) is 0 Å². The van der Waals surface area contributed by atoms with Gasteiger partial charge in [0.05, 0.1) is 33.7 Å². The zero-order valence-electron chi connectivity index (χ0n) is 37.1. The summed E-state index contributed by atoms with van der Waals surface area (Å²) in [6.07, 6.45) is -3.96. The third-order valence-electron chi connectivity index (χ3n) is 11.4. The lowest BCUT2D eigenvalue weighted by Gasteiger charge is -2.40. The molecule has 1 aliphatic rings. The van der Waals surface area contributed by atoms with Crippen molar-refractivity contribution in [2.45, 2.75) is 103 Å². The van der Waals surface area contributed by atoms with Crippen molar-refractivity contribution in [1.29, 1.82) is 0 Å². The van der Waals surface area contributed by atoms with Crippen LogP contribution in [0.1, 0.15) is 77.3 Å². The number of aromatic nitrogens is 2. The van der Waals surface area contributed by atoms with Gasteiger partial charge in [0, 0.05) is 12.3 Å². The molecular formula is C46H63N3O11Si. The van der Waals surface area contributed by atoms with Crippen molar-refractivity contribution in [3.63, 3.8) is 0 Å². The Balaban J connectivity index is 0.00000107. The van der Waals surface area contributed by atoms with E-state index in [1.807, 2.05) is 113 Å². The molecule has 1 aromatic heterocycles. The molecule has 0 bridgehead atoms. The predicted octanol–water partition coefficient (Wildman–Crippen LogP) is 6.98. The third kappa shape index (κ3) is 12.1. The van der Waals surface area contributed by atoms with Crippen molar-refractivity contribution in [2.24, 2.45) is 0 Å². The molecule has 1 aliphatic heterocycles. The molecule has 61 heavy (non-hydrogen) atoms. The molecule has 1 saturated heterocycles. The van der Waals surface area contributed by atoms with Gasteiger partial charge in [-0.3, -0.25) is 23.9 Å². The van der Waals surface area contributed by atoms with Crippen LogP contribution in [0.2, 0.25) is 18.1 Å². The highest BCUT2D eigenvalue weighted by atomic mass is 28.4. The average molecular weight is 862 g/mol. The largest absolute Gasteiger partial charge is 0.497 e. The molecule has 332 valence electrons. The lowest BCUT2D eigenvalue weighted by atomic mass is 9.80. The summed E-state index contributed by atoms with van der Waals surface area (Å²) in [4.78, 5) is 54.8. The number of nitrogens with zero attached hydrogens (tertiary/aromatic N) is 2. The van der Waals surface area contributed by atoms with Crippen LogP contribution in [0.25, 0.3) is 0 Å². The molecule has 5 rings (SSSR count). The molecule has 1 fully saturated rings. The Bertz CT molecular complexity index is 2060. The minimum Gasteiger partial charge on any atom is -0.497 e. The van der Waals surface area contributed by atoms with Gasteiger partial charge in [0.15, 0.2) is 20.6 Å². The van der Waals surface area contributed by atoms with Crippen LogP contribution < -0.4 is 20.7 Å². The second kappa shape index (κ2) is 21.6. The zero-order valence-corrected chi connectivity index (χ0v) is 38.1. The number of esters is 1. The Kier molecular flexibility index (Phi) is 17.2. The lowest BCUT2D eigenvalue weighted by molar-refractivity contribution is -0.160. The standard InChI is InChI=1S/C40H48N2O11Si.C6H15N/c1-39(2,3)54(6,7)53-36-35(52-34(46)22-21-33(44)45)31(51-37(36)42-24-23-32(43)41-38(42)47)25-50-40(26-11-9-8-10-12-26,27-13-17-29(48-4)18-14-27)28-15-19-30(49-5)20-16-28;1-4-7(5-2)6-3/h8-20,23-24,31,35-37H,21-22,25H2,1-7H3,(H,44,45)(H,41,43,47);4-6H2,1-3H3/t31-,35-,36-,37-;/m1./s1. The first-order valence-electron chi connectivity index (χ1n) is 20.7. The number of carboxylic acids is 1. The fraction of sp³-hybridized carbons (Fsp3) is 0.478. The average Bonchev–Trinajstić information content (AvgIpc) is 3.56. The SMILES string of the molecule is CCN(CC)CC.COc1ccc(C(OC[C@H]2O[C@@H](n3ccc(=O)[nH]c3=O)[C@H](O[Si](C)(C)C(C)(C)C)[C@@H]2OC(=O)CCC(=O)O)(c2ccccc2)c2ccc(OC)cc2)cc1. The summed E-state index contributed by atoms with van der Waals surface area (Å²) in [7, 11) is 0.484. The maximum atomic E-state index is 13.3. The Morgan fingerprint density at radius 2 is 1.31 bits per heavy atom. The van der Waals surface area contributed by atoms with Gasteiger partial charge in [0.2, 0.25) is 0 Å². The molecule has 0 aliphatic carbocycles. The lowest BCUT2D eigenvalue weighted by Crippen LogP contribution is -2.51.